The lowest BCUT2D eigenvalue weighted by molar-refractivity contribution is -0.385. The van der Waals surface area contributed by atoms with E-state index in [2.05, 4.69) is 5.32 Å². The van der Waals surface area contributed by atoms with Crippen LogP contribution >= 0.6 is 0 Å². The Morgan fingerprint density at radius 1 is 1.56 bits per heavy atom. The SMILES string of the molecule is Cc1cc(C(=O)NCC(C)CN)ccc1[N+](=O)[O-]. The standard InChI is InChI=1S/C12H17N3O3/c1-8(6-13)7-14-12(16)10-3-4-11(15(17)18)9(2)5-10/h3-5,8H,6-7,13H2,1-2H3,(H,14,16). The van der Waals surface area contributed by atoms with Crippen LogP contribution in [0.15, 0.2) is 18.2 Å². The molecule has 0 bridgehead atoms. The number of hydrogen-bond acceptors (Lipinski definition) is 4. The first-order valence-corrected chi connectivity index (χ1v) is 5.69. The molecule has 18 heavy (non-hydrogen) atoms. The van der Waals surface area contributed by atoms with E-state index >= 15 is 0 Å². The molecular formula is C12H17N3O3. The molecule has 0 aliphatic heterocycles. The Hall–Kier alpha value is -1.95. The van der Waals surface area contributed by atoms with Crippen molar-refractivity contribution in [1.82, 2.24) is 5.32 Å². The first kappa shape index (κ1) is 14.1. The lowest BCUT2D eigenvalue weighted by Gasteiger charge is -2.10. The second-order valence-corrected chi connectivity index (χ2v) is 4.31. The lowest BCUT2D eigenvalue weighted by atomic mass is 10.1. The van der Waals surface area contributed by atoms with Crippen LogP contribution in [0, 0.1) is 23.0 Å². The molecule has 0 saturated carbocycles. The Balaban J connectivity index is 2.76. The summed E-state index contributed by atoms with van der Waals surface area (Å²) >= 11 is 0. The molecule has 0 heterocycles. The van der Waals surface area contributed by atoms with E-state index < -0.39 is 4.92 Å². The number of carbonyl (C=O) groups excluding carboxylic acids is 1. The number of nitrogens with one attached hydrogen (secondary N) is 1. The number of aryl methyl sites for hydroxylation is 1. The van der Waals surface area contributed by atoms with Crippen LogP contribution in [0.1, 0.15) is 22.8 Å². The first-order valence-electron chi connectivity index (χ1n) is 5.69. The van der Waals surface area contributed by atoms with Crippen molar-refractivity contribution in [3.63, 3.8) is 0 Å². The molecule has 6 heteroatoms. The maximum absolute atomic E-state index is 11.8. The van der Waals surface area contributed by atoms with Gasteiger partial charge in [0.25, 0.3) is 11.6 Å². The summed E-state index contributed by atoms with van der Waals surface area (Å²) in [6, 6.07) is 4.31. The maximum atomic E-state index is 11.8. The van der Waals surface area contributed by atoms with Crippen LogP contribution in [0.2, 0.25) is 0 Å². The third-order valence-electron chi connectivity index (χ3n) is 2.67. The minimum atomic E-state index is -0.465. The van der Waals surface area contributed by atoms with E-state index in [1.165, 1.54) is 18.2 Å². The number of benzene rings is 1. The van der Waals surface area contributed by atoms with Crippen LogP contribution < -0.4 is 11.1 Å². The molecule has 1 aromatic carbocycles. The van der Waals surface area contributed by atoms with Crippen molar-refractivity contribution < 1.29 is 9.72 Å². The molecule has 6 nitrogen and oxygen atoms in total. The summed E-state index contributed by atoms with van der Waals surface area (Å²) in [6.07, 6.45) is 0. The zero-order chi connectivity index (χ0) is 13.7. The van der Waals surface area contributed by atoms with Gasteiger partial charge in [-0.05, 0) is 31.5 Å². The Bertz CT molecular complexity index is 460. The van der Waals surface area contributed by atoms with E-state index in [0.717, 1.165) is 0 Å². The number of nitro groups is 1. The van der Waals surface area contributed by atoms with E-state index in [4.69, 9.17) is 5.73 Å². The highest BCUT2D eigenvalue weighted by molar-refractivity contribution is 5.94. The van der Waals surface area contributed by atoms with E-state index in [1.807, 2.05) is 6.92 Å². The topological polar surface area (TPSA) is 98.3 Å². The molecular weight excluding hydrogens is 234 g/mol. The fraction of sp³-hybridized carbons (Fsp3) is 0.417. The van der Waals surface area contributed by atoms with Gasteiger partial charge in [-0.1, -0.05) is 6.92 Å². The summed E-state index contributed by atoms with van der Waals surface area (Å²) in [7, 11) is 0. The van der Waals surface area contributed by atoms with Gasteiger partial charge in [-0.3, -0.25) is 14.9 Å². The smallest absolute Gasteiger partial charge is 0.272 e. The number of nitro benzene ring substituents is 1. The number of nitrogens with zero attached hydrogens (tertiary/aromatic N) is 1. The quantitative estimate of drug-likeness (QED) is 0.607. The van der Waals surface area contributed by atoms with Gasteiger partial charge in [0.15, 0.2) is 0 Å². The minimum Gasteiger partial charge on any atom is -0.352 e. The third-order valence-corrected chi connectivity index (χ3v) is 2.67. The Kier molecular flexibility index (Phi) is 4.79. The van der Waals surface area contributed by atoms with Gasteiger partial charge in [-0.2, -0.15) is 0 Å². The van der Waals surface area contributed by atoms with Gasteiger partial charge < -0.3 is 11.1 Å². The number of rotatable bonds is 5. The van der Waals surface area contributed by atoms with Crippen molar-refractivity contribution in [2.24, 2.45) is 11.7 Å². The maximum Gasteiger partial charge on any atom is 0.272 e. The van der Waals surface area contributed by atoms with Crippen molar-refractivity contribution in [2.45, 2.75) is 13.8 Å². The van der Waals surface area contributed by atoms with Crippen molar-refractivity contribution in [2.75, 3.05) is 13.1 Å². The second kappa shape index (κ2) is 6.11. The summed E-state index contributed by atoms with van der Waals surface area (Å²) in [5.41, 5.74) is 6.35. The molecule has 0 aliphatic rings. The zero-order valence-electron chi connectivity index (χ0n) is 10.5. The van der Waals surface area contributed by atoms with Gasteiger partial charge in [0.05, 0.1) is 4.92 Å². The molecule has 0 radical (unpaired) electrons. The molecule has 0 aliphatic carbocycles. The average molecular weight is 251 g/mol. The van der Waals surface area contributed by atoms with E-state index in [1.54, 1.807) is 6.92 Å². The monoisotopic (exact) mass is 251 g/mol. The summed E-state index contributed by atoms with van der Waals surface area (Å²) in [6.45, 7) is 4.53. The van der Waals surface area contributed by atoms with Crippen LogP contribution in [0.25, 0.3) is 0 Å². The van der Waals surface area contributed by atoms with Crippen LogP contribution in [0.5, 0.6) is 0 Å². The van der Waals surface area contributed by atoms with Gasteiger partial charge in [-0.25, -0.2) is 0 Å². The lowest BCUT2D eigenvalue weighted by Crippen LogP contribution is -2.31. The van der Waals surface area contributed by atoms with Crippen LogP contribution in [-0.4, -0.2) is 23.9 Å². The molecule has 1 unspecified atom stereocenters. The number of nitrogens with two attached hydrogens (primary N) is 1. The highest BCUT2D eigenvalue weighted by Gasteiger charge is 2.13. The summed E-state index contributed by atoms with van der Waals surface area (Å²) in [5, 5.41) is 13.4. The summed E-state index contributed by atoms with van der Waals surface area (Å²) in [5.74, 6) is -0.0404. The van der Waals surface area contributed by atoms with Crippen LogP contribution in [0.4, 0.5) is 5.69 Å². The second-order valence-electron chi connectivity index (χ2n) is 4.31. The molecule has 1 atom stereocenters. The highest BCUT2D eigenvalue weighted by Crippen LogP contribution is 2.18. The fourth-order valence-corrected chi connectivity index (χ4v) is 1.45. The van der Waals surface area contributed by atoms with E-state index in [0.29, 0.717) is 24.2 Å². The van der Waals surface area contributed by atoms with Crippen molar-refractivity contribution in [3.05, 3.63) is 39.4 Å². The molecule has 1 rings (SSSR count). The average Bonchev–Trinajstić information content (AvgIpc) is 2.34. The molecule has 0 fully saturated rings. The minimum absolute atomic E-state index is 0.0156. The van der Waals surface area contributed by atoms with E-state index in [-0.39, 0.29) is 17.5 Å². The molecule has 0 saturated heterocycles. The van der Waals surface area contributed by atoms with Crippen molar-refractivity contribution in [3.8, 4) is 0 Å². The highest BCUT2D eigenvalue weighted by atomic mass is 16.6. The predicted molar refractivity (Wildman–Crippen MR) is 68.4 cm³/mol. The number of amides is 1. The van der Waals surface area contributed by atoms with Gasteiger partial charge in [0, 0.05) is 23.7 Å². The zero-order valence-corrected chi connectivity index (χ0v) is 10.5. The Labute approximate surface area is 105 Å². The van der Waals surface area contributed by atoms with Gasteiger partial charge in [0.1, 0.15) is 0 Å². The molecule has 0 aromatic heterocycles. The molecule has 1 aromatic rings. The Morgan fingerprint density at radius 3 is 2.72 bits per heavy atom. The van der Waals surface area contributed by atoms with E-state index in [9.17, 15) is 14.9 Å². The summed E-state index contributed by atoms with van der Waals surface area (Å²) in [4.78, 5) is 22.0. The summed E-state index contributed by atoms with van der Waals surface area (Å²) < 4.78 is 0. The van der Waals surface area contributed by atoms with Crippen LogP contribution in [-0.2, 0) is 0 Å². The van der Waals surface area contributed by atoms with Gasteiger partial charge >= 0.3 is 0 Å². The molecule has 98 valence electrons. The van der Waals surface area contributed by atoms with Crippen molar-refractivity contribution in [1.29, 1.82) is 0 Å². The fourth-order valence-electron chi connectivity index (χ4n) is 1.45. The third kappa shape index (κ3) is 3.53. The molecule has 0 spiro atoms. The largest absolute Gasteiger partial charge is 0.352 e. The van der Waals surface area contributed by atoms with Crippen molar-refractivity contribution >= 4 is 11.6 Å². The van der Waals surface area contributed by atoms with Crippen LogP contribution in [0.3, 0.4) is 0 Å². The number of carbonyl (C=O) groups is 1. The normalized spacial score (nSPS) is 11.9. The van der Waals surface area contributed by atoms with Gasteiger partial charge in [-0.15, -0.1) is 0 Å². The van der Waals surface area contributed by atoms with Gasteiger partial charge in [0.2, 0.25) is 0 Å². The number of hydrogen-bond donors (Lipinski definition) is 2. The Morgan fingerprint density at radius 2 is 2.22 bits per heavy atom. The molecule has 3 N–H and O–H groups in total. The first-order chi connectivity index (χ1) is 8.45. The predicted octanol–water partition coefficient (Wildman–Crippen LogP) is 1.23. The molecule has 1 amide bonds.